The van der Waals surface area contributed by atoms with Crippen LogP contribution in [0.2, 0.25) is 0 Å². The van der Waals surface area contributed by atoms with Crippen molar-refractivity contribution in [3.63, 3.8) is 0 Å². The van der Waals surface area contributed by atoms with Crippen molar-refractivity contribution >= 4 is 23.4 Å². The lowest BCUT2D eigenvalue weighted by Crippen LogP contribution is -2.70. The van der Waals surface area contributed by atoms with Crippen molar-refractivity contribution in [2.75, 3.05) is 52.8 Å². The fraction of sp³-hybridized carbons (Fsp3) is 0.590. The molecule has 0 spiro atoms. The second-order valence-corrected chi connectivity index (χ2v) is 21.0. The van der Waals surface area contributed by atoms with Crippen LogP contribution in [0.4, 0.5) is 10.5 Å². The van der Waals surface area contributed by atoms with E-state index in [1.54, 1.807) is 37.5 Å². The summed E-state index contributed by atoms with van der Waals surface area (Å²) in [5, 5.41) is 28.1. The molecule has 0 radical (unpaired) electrons. The van der Waals surface area contributed by atoms with Gasteiger partial charge in [0.1, 0.15) is 29.0 Å². The van der Waals surface area contributed by atoms with Gasteiger partial charge in [-0.05, 0) is 110 Å². The summed E-state index contributed by atoms with van der Waals surface area (Å²) in [4.78, 5) is 37.6. The molecule has 3 aromatic rings. The molecular formula is C61H83N3O13. The Labute approximate surface area is 455 Å². The summed E-state index contributed by atoms with van der Waals surface area (Å²) in [5.41, 5.74) is 3.65. The van der Waals surface area contributed by atoms with E-state index >= 15 is 4.79 Å². The summed E-state index contributed by atoms with van der Waals surface area (Å²) in [6, 6.07) is 15.6. The third-order valence-electron chi connectivity index (χ3n) is 15.9. The van der Waals surface area contributed by atoms with Gasteiger partial charge in [-0.15, -0.1) is 6.58 Å². The van der Waals surface area contributed by atoms with Gasteiger partial charge in [-0.2, -0.15) is 0 Å². The molecular weight excluding hydrogens is 983 g/mol. The van der Waals surface area contributed by atoms with Gasteiger partial charge in [0.05, 0.1) is 44.8 Å². The maximum absolute atomic E-state index is 15.5. The van der Waals surface area contributed by atoms with Gasteiger partial charge in [-0.3, -0.25) is 10.1 Å². The first kappa shape index (κ1) is 57.4. The SMILES string of the molecule is C=CCO[C@@]12Oc3ccc(OC(=O)Nc4ccc(OC)cc4OC)cc3[C@H]3[C@H](CCCCO)[C@@H](CCCCO)C=C(C(=NOC4CCCCO4)C[C@@H]1N(Cc1ccc4c(c1)OCO4)C(=O)CCCCCCCCCCC)[C@H]32. The fourth-order valence-corrected chi connectivity index (χ4v) is 12.1. The van der Waals surface area contributed by atoms with Crippen molar-refractivity contribution in [2.24, 2.45) is 22.9 Å². The van der Waals surface area contributed by atoms with Crippen LogP contribution in [-0.4, -0.2) is 98.4 Å². The normalized spacial score (nSPS) is 23.4. The minimum Gasteiger partial charge on any atom is -0.497 e. The Bertz CT molecular complexity index is 2470. The molecule has 2 fully saturated rings. The number of rotatable bonds is 30. The fourth-order valence-electron chi connectivity index (χ4n) is 12.1. The lowest BCUT2D eigenvalue weighted by atomic mass is 9.55. The first-order valence-corrected chi connectivity index (χ1v) is 28.5. The summed E-state index contributed by atoms with van der Waals surface area (Å²) in [6.45, 7) is 7.49. The van der Waals surface area contributed by atoms with Crippen LogP contribution in [0.15, 0.2) is 84.1 Å². The van der Waals surface area contributed by atoms with Gasteiger partial charge >= 0.3 is 6.09 Å². The van der Waals surface area contributed by atoms with Gasteiger partial charge in [0.25, 0.3) is 0 Å². The number of allylic oxidation sites excluding steroid dienone is 1. The van der Waals surface area contributed by atoms with E-state index in [2.05, 4.69) is 24.9 Å². The third kappa shape index (κ3) is 14.3. The molecule has 2 amide bonds. The van der Waals surface area contributed by atoms with Crippen LogP contribution in [0.3, 0.4) is 0 Å². The van der Waals surface area contributed by atoms with Crippen LogP contribution in [-0.2, 0) is 25.7 Å². The van der Waals surface area contributed by atoms with Crippen LogP contribution in [0.1, 0.15) is 152 Å². The summed E-state index contributed by atoms with van der Waals surface area (Å²) in [6.07, 6.45) is 20.2. The van der Waals surface area contributed by atoms with Crippen molar-refractivity contribution in [1.29, 1.82) is 0 Å². The zero-order valence-corrected chi connectivity index (χ0v) is 45.7. The lowest BCUT2D eigenvalue weighted by Gasteiger charge is -2.60. The van der Waals surface area contributed by atoms with E-state index in [0.29, 0.717) is 78.2 Å². The van der Waals surface area contributed by atoms with Gasteiger partial charge in [-0.25, -0.2) is 4.79 Å². The van der Waals surface area contributed by atoms with E-state index in [9.17, 15) is 15.0 Å². The highest BCUT2D eigenvalue weighted by Gasteiger charge is 2.65. The molecule has 1 unspecified atom stereocenters. The zero-order valence-electron chi connectivity index (χ0n) is 45.7. The molecule has 3 aromatic carbocycles. The molecule has 1 saturated heterocycles. The van der Waals surface area contributed by atoms with Gasteiger partial charge in [0, 0.05) is 56.6 Å². The molecule has 5 aliphatic rings. The average Bonchev–Trinajstić information content (AvgIpc) is 3.97. The molecule has 3 aliphatic heterocycles. The summed E-state index contributed by atoms with van der Waals surface area (Å²) in [5.74, 6) is 0.522. The number of carbonyl (C=O) groups excluding carboxylic acids is 2. The van der Waals surface area contributed by atoms with Crippen molar-refractivity contribution in [3.05, 3.63) is 90.0 Å². The van der Waals surface area contributed by atoms with Crippen LogP contribution in [0.25, 0.3) is 0 Å². The quantitative estimate of drug-likeness (QED) is 0.0326. The number of hydrogen-bond acceptors (Lipinski definition) is 14. The van der Waals surface area contributed by atoms with E-state index < -0.39 is 30.1 Å². The number of nitrogens with one attached hydrogen (secondary N) is 1. The summed E-state index contributed by atoms with van der Waals surface area (Å²) < 4.78 is 49.6. The molecule has 0 aromatic heterocycles. The topological polar surface area (TPSA) is 185 Å². The zero-order chi connectivity index (χ0) is 54.0. The molecule has 16 nitrogen and oxygen atoms in total. The Morgan fingerprint density at radius 3 is 2.34 bits per heavy atom. The molecule has 1 saturated carbocycles. The number of carbonyl (C=O) groups is 2. The highest BCUT2D eigenvalue weighted by molar-refractivity contribution is 6.03. The number of anilines is 1. The Balaban J connectivity index is 1.25. The molecule has 8 rings (SSSR count). The Morgan fingerprint density at radius 2 is 1.60 bits per heavy atom. The third-order valence-corrected chi connectivity index (χ3v) is 15.9. The lowest BCUT2D eigenvalue weighted by molar-refractivity contribution is -0.258. The minimum atomic E-state index is -1.50. The predicted molar refractivity (Wildman–Crippen MR) is 294 cm³/mol. The van der Waals surface area contributed by atoms with Crippen LogP contribution >= 0.6 is 0 Å². The standard InChI is InChI=1S/C61H83N3O13/c1-5-7-8-9-10-11-12-13-14-23-56(67)64(40-42-25-29-52-54(35-42)73-41-72-52)55-39-50(63-77-57-24-17-20-34-71-57)47-36-43(21-15-18-31-65)46(22-16-19-32-66)58-48-37-45(27-30-51(48)76-61(55,59(47)58)74-33-6-2)75-60(68)62-49-28-26-44(69-3)38-53(49)70-4/h6,25-30,35-38,43,46,55,57-59,65-66H,2,5,7-24,31-34,39-41H2,1,3-4H3,(H,62,68)/t43-,46+,55-,57?,58+,59+,61+/m0/s1. The number of ether oxygens (including phenoxy) is 8. The minimum absolute atomic E-state index is 0.0133. The van der Waals surface area contributed by atoms with Gasteiger partial charge in [0.2, 0.25) is 24.8 Å². The first-order valence-electron chi connectivity index (χ1n) is 28.5. The largest absolute Gasteiger partial charge is 0.497 e. The second kappa shape index (κ2) is 28.7. The molecule has 77 heavy (non-hydrogen) atoms. The first-order chi connectivity index (χ1) is 37.7. The summed E-state index contributed by atoms with van der Waals surface area (Å²) >= 11 is 0. The maximum atomic E-state index is 15.5. The number of nitrogens with zero attached hydrogens (tertiary/aromatic N) is 2. The molecule has 420 valence electrons. The van der Waals surface area contributed by atoms with Crippen molar-refractivity contribution < 1.29 is 62.5 Å². The molecule has 2 aliphatic carbocycles. The number of oxime groups is 1. The van der Waals surface area contributed by atoms with Crippen molar-refractivity contribution in [2.45, 2.75) is 166 Å². The highest BCUT2D eigenvalue weighted by Crippen LogP contribution is 2.62. The van der Waals surface area contributed by atoms with E-state index in [-0.39, 0.29) is 63.2 Å². The number of aliphatic hydroxyl groups excluding tert-OH is 2. The van der Waals surface area contributed by atoms with E-state index in [4.69, 9.17) is 47.9 Å². The number of unbranched alkanes of at least 4 members (excludes halogenated alkanes) is 10. The Morgan fingerprint density at radius 1 is 0.844 bits per heavy atom. The number of amides is 2. The van der Waals surface area contributed by atoms with Crippen LogP contribution in [0.5, 0.6) is 34.5 Å². The van der Waals surface area contributed by atoms with Crippen LogP contribution < -0.4 is 33.7 Å². The number of aliphatic hydroxyl groups is 2. The van der Waals surface area contributed by atoms with E-state index in [1.165, 1.54) is 39.2 Å². The van der Waals surface area contributed by atoms with E-state index in [0.717, 1.165) is 80.9 Å². The maximum Gasteiger partial charge on any atom is 0.417 e. The van der Waals surface area contributed by atoms with E-state index in [1.807, 2.05) is 35.2 Å². The Kier molecular flexibility index (Phi) is 21.4. The molecule has 16 heteroatoms. The molecule has 3 heterocycles. The van der Waals surface area contributed by atoms with Crippen molar-refractivity contribution in [1.82, 2.24) is 4.90 Å². The summed E-state index contributed by atoms with van der Waals surface area (Å²) in [7, 11) is 3.07. The van der Waals surface area contributed by atoms with Gasteiger partial charge in [-0.1, -0.05) is 94.5 Å². The average molecular weight is 1070 g/mol. The second-order valence-electron chi connectivity index (χ2n) is 21.0. The Hall–Kier alpha value is -5.81. The van der Waals surface area contributed by atoms with Crippen molar-refractivity contribution in [3.8, 4) is 34.5 Å². The number of fused-ring (bicyclic) bond motifs is 3. The number of hydrogen-bond donors (Lipinski definition) is 3. The molecule has 0 bridgehead atoms. The predicted octanol–water partition coefficient (Wildman–Crippen LogP) is 12.2. The monoisotopic (exact) mass is 1070 g/mol. The molecule has 7 atom stereocenters. The van der Waals surface area contributed by atoms with Gasteiger partial charge in [0.15, 0.2) is 11.5 Å². The molecule has 3 N–H and O–H groups in total. The number of benzene rings is 3. The number of methoxy groups -OCH3 is 2. The van der Waals surface area contributed by atoms with Crippen LogP contribution in [0, 0.1) is 17.8 Å². The highest BCUT2D eigenvalue weighted by atomic mass is 16.8. The van der Waals surface area contributed by atoms with Gasteiger partial charge < -0.3 is 57.8 Å². The smallest absolute Gasteiger partial charge is 0.417 e.